The second-order valence-corrected chi connectivity index (χ2v) is 11.5. The summed E-state index contributed by atoms with van der Waals surface area (Å²) in [4.78, 5) is 0. The van der Waals surface area contributed by atoms with E-state index in [9.17, 15) is 5.11 Å². The van der Waals surface area contributed by atoms with Gasteiger partial charge in [-0.25, -0.2) is 0 Å². The normalized spacial score (nSPS) is 36.1. The Morgan fingerprint density at radius 3 is 2.27 bits per heavy atom. The molecule has 0 saturated heterocycles. The average molecular weight is 423 g/mol. The molecule has 0 aromatic rings. The summed E-state index contributed by atoms with van der Waals surface area (Å²) in [5.41, 5.74) is 1.18. The van der Waals surface area contributed by atoms with Crippen LogP contribution in [0.15, 0.2) is 0 Å². The highest BCUT2D eigenvalue weighted by Gasteiger charge is 2.51. The van der Waals surface area contributed by atoms with E-state index in [-0.39, 0.29) is 7.43 Å². The Balaban J connectivity index is 0.00000146. The SMILES string of the molecule is C.CC.CC[C@@H](CC1CCCC2(C)C(CCCCO)CCC12)C1CCCCC1(C)C. The molecule has 1 N–H and O–H groups in total. The maximum absolute atomic E-state index is 9.17. The molecule has 3 saturated carbocycles. The third-order valence-electron chi connectivity index (χ3n) is 9.71. The van der Waals surface area contributed by atoms with Crippen molar-refractivity contribution in [3.63, 3.8) is 0 Å². The molecule has 1 nitrogen and oxygen atoms in total. The van der Waals surface area contributed by atoms with Gasteiger partial charge in [0.25, 0.3) is 0 Å². The van der Waals surface area contributed by atoms with E-state index >= 15 is 0 Å². The van der Waals surface area contributed by atoms with Crippen LogP contribution >= 0.6 is 0 Å². The van der Waals surface area contributed by atoms with Crippen LogP contribution < -0.4 is 0 Å². The highest BCUT2D eigenvalue weighted by molar-refractivity contribution is 5.01. The number of hydrogen-bond acceptors (Lipinski definition) is 1. The van der Waals surface area contributed by atoms with Crippen LogP contribution in [0.2, 0.25) is 0 Å². The van der Waals surface area contributed by atoms with E-state index in [0.29, 0.717) is 17.4 Å². The van der Waals surface area contributed by atoms with Gasteiger partial charge in [0, 0.05) is 6.61 Å². The fraction of sp³-hybridized carbons (Fsp3) is 1.00. The molecule has 3 rings (SSSR count). The van der Waals surface area contributed by atoms with Gasteiger partial charge >= 0.3 is 0 Å². The molecule has 1 heteroatoms. The first-order chi connectivity index (χ1) is 13.9. The Kier molecular flexibility index (Phi) is 12.0. The molecule has 5 unspecified atom stereocenters. The maximum atomic E-state index is 9.17. The molecule has 0 spiro atoms. The Morgan fingerprint density at radius 2 is 1.63 bits per heavy atom. The van der Waals surface area contributed by atoms with Gasteiger partial charge in [-0.15, -0.1) is 0 Å². The number of aliphatic hydroxyl groups is 1. The molecular weight excluding hydrogens is 364 g/mol. The minimum absolute atomic E-state index is 0. The molecule has 0 aromatic carbocycles. The Bertz CT molecular complexity index is 455. The first-order valence-electron chi connectivity index (χ1n) is 13.5. The van der Waals surface area contributed by atoms with Gasteiger partial charge < -0.3 is 5.11 Å². The third kappa shape index (κ3) is 6.26. The maximum Gasteiger partial charge on any atom is 0.0431 e. The molecule has 0 aliphatic heterocycles. The summed E-state index contributed by atoms with van der Waals surface area (Å²) in [5, 5.41) is 9.17. The molecule has 0 aromatic heterocycles. The summed E-state index contributed by atoms with van der Waals surface area (Å²) in [6.45, 7) is 14.6. The van der Waals surface area contributed by atoms with Gasteiger partial charge in [0.05, 0.1) is 0 Å². The van der Waals surface area contributed by atoms with Crippen LogP contribution in [0.25, 0.3) is 0 Å². The summed E-state index contributed by atoms with van der Waals surface area (Å²) in [5.74, 6) is 4.84. The van der Waals surface area contributed by atoms with Crippen molar-refractivity contribution in [3.05, 3.63) is 0 Å². The van der Waals surface area contributed by atoms with E-state index in [1.165, 1.54) is 83.5 Å². The van der Waals surface area contributed by atoms with E-state index in [0.717, 1.165) is 36.0 Å². The molecule has 0 bridgehead atoms. The van der Waals surface area contributed by atoms with Gasteiger partial charge in [-0.05, 0) is 91.8 Å². The van der Waals surface area contributed by atoms with Gasteiger partial charge in [0.1, 0.15) is 0 Å². The molecule has 3 aliphatic carbocycles. The molecule has 6 atom stereocenters. The Labute approximate surface area is 191 Å². The summed E-state index contributed by atoms with van der Waals surface area (Å²) in [6, 6.07) is 0. The largest absolute Gasteiger partial charge is 0.396 e. The number of fused-ring (bicyclic) bond motifs is 1. The number of rotatable bonds is 8. The van der Waals surface area contributed by atoms with Crippen molar-refractivity contribution >= 4 is 0 Å². The fourth-order valence-corrected chi connectivity index (χ4v) is 8.11. The van der Waals surface area contributed by atoms with Crippen LogP contribution in [-0.4, -0.2) is 11.7 Å². The second kappa shape index (κ2) is 12.9. The van der Waals surface area contributed by atoms with E-state index < -0.39 is 0 Å². The van der Waals surface area contributed by atoms with Gasteiger partial charge in [-0.1, -0.05) is 87.5 Å². The van der Waals surface area contributed by atoms with Crippen molar-refractivity contribution in [3.8, 4) is 0 Å². The van der Waals surface area contributed by atoms with E-state index in [1.54, 1.807) is 0 Å². The number of hydrogen-bond donors (Lipinski definition) is 1. The van der Waals surface area contributed by atoms with Crippen LogP contribution in [-0.2, 0) is 0 Å². The molecule has 3 fully saturated rings. The van der Waals surface area contributed by atoms with Crippen LogP contribution in [0.4, 0.5) is 0 Å². The molecule has 0 radical (unpaired) electrons. The topological polar surface area (TPSA) is 20.2 Å². The van der Waals surface area contributed by atoms with Gasteiger partial charge in [0.2, 0.25) is 0 Å². The lowest BCUT2D eigenvalue weighted by Gasteiger charge is -2.49. The zero-order valence-electron chi connectivity index (χ0n) is 20.9. The Hall–Kier alpha value is -0.0400. The molecular formula is C29H58O. The summed E-state index contributed by atoms with van der Waals surface area (Å²) in [6.07, 6.45) is 19.8. The summed E-state index contributed by atoms with van der Waals surface area (Å²) in [7, 11) is 0. The van der Waals surface area contributed by atoms with Gasteiger partial charge in [0.15, 0.2) is 0 Å². The zero-order valence-corrected chi connectivity index (χ0v) is 20.9. The fourth-order valence-electron chi connectivity index (χ4n) is 8.11. The minimum atomic E-state index is 0. The van der Waals surface area contributed by atoms with Crippen LogP contribution in [0.3, 0.4) is 0 Å². The lowest BCUT2D eigenvalue weighted by atomic mass is 9.56. The Morgan fingerprint density at radius 1 is 0.900 bits per heavy atom. The lowest BCUT2D eigenvalue weighted by molar-refractivity contribution is 0.0106. The summed E-state index contributed by atoms with van der Waals surface area (Å²) >= 11 is 0. The quantitative estimate of drug-likeness (QED) is 0.386. The van der Waals surface area contributed by atoms with Crippen molar-refractivity contribution < 1.29 is 5.11 Å². The third-order valence-corrected chi connectivity index (χ3v) is 9.71. The van der Waals surface area contributed by atoms with Crippen molar-refractivity contribution in [1.29, 1.82) is 0 Å². The standard InChI is InChI=1S/C26H48O.C2H6.CH4/c1-5-20(23-13-6-8-16-25(23,2)3)19-21-11-10-17-26(4)22(12-7-9-18-27)14-15-24(21)26;1-2;/h20-24,27H,5-19H2,1-4H3;1-2H3;1H4/t20-,21?,22?,23?,24?,26?;;/m0../s1. The second-order valence-electron chi connectivity index (χ2n) is 11.5. The zero-order chi connectivity index (χ0) is 21.5. The van der Waals surface area contributed by atoms with Gasteiger partial charge in [-0.2, -0.15) is 0 Å². The van der Waals surface area contributed by atoms with E-state index in [1.807, 2.05) is 13.8 Å². The minimum Gasteiger partial charge on any atom is -0.396 e. The van der Waals surface area contributed by atoms with Crippen LogP contribution in [0.1, 0.15) is 139 Å². The first kappa shape index (κ1) is 28.0. The van der Waals surface area contributed by atoms with E-state index in [4.69, 9.17) is 0 Å². The molecule has 30 heavy (non-hydrogen) atoms. The predicted molar refractivity (Wildman–Crippen MR) is 135 cm³/mol. The number of unbranched alkanes of at least 4 members (excludes halogenated alkanes) is 1. The molecule has 3 aliphatic rings. The molecule has 0 amide bonds. The van der Waals surface area contributed by atoms with Crippen LogP contribution in [0, 0.1) is 40.4 Å². The van der Waals surface area contributed by atoms with Crippen molar-refractivity contribution in [2.75, 3.05) is 6.61 Å². The van der Waals surface area contributed by atoms with Crippen molar-refractivity contribution in [2.45, 2.75) is 139 Å². The van der Waals surface area contributed by atoms with Crippen molar-refractivity contribution in [1.82, 2.24) is 0 Å². The van der Waals surface area contributed by atoms with Gasteiger partial charge in [-0.3, -0.25) is 0 Å². The molecule has 180 valence electrons. The van der Waals surface area contributed by atoms with Crippen LogP contribution in [0.5, 0.6) is 0 Å². The van der Waals surface area contributed by atoms with E-state index in [2.05, 4.69) is 27.7 Å². The number of aliphatic hydroxyl groups excluding tert-OH is 1. The summed E-state index contributed by atoms with van der Waals surface area (Å²) < 4.78 is 0. The molecule has 0 heterocycles. The van der Waals surface area contributed by atoms with Crippen molar-refractivity contribution in [2.24, 2.45) is 40.4 Å². The lowest BCUT2D eigenvalue weighted by Crippen LogP contribution is -2.40. The smallest absolute Gasteiger partial charge is 0.0431 e. The highest BCUT2D eigenvalue weighted by atomic mass is 16.2. The predicted octanol–water partition coefficient (Wildman–Crippen LogP) is 9.28. The average Bonchev–Trinajstić information content (AvgIpc) is 3.05. The first-order valence-corrected chi connectivity index (χ1v) is 13.5. The highest BCUT2D eigenvalue weighted by Crippen LogP contribution is 2.60. The monoisotopic (exact) mass is 422 g/mol.